The van der Waals surface area contributed by atoms with Crippen molar-refractivity contribution in [3.8, 4) is 0 Å². The fourth-order valence-corrected chi connectivity index (χ4v) is 5.32. The maximum atomic E-state index is 12.2. The summed E-state index contributed by atoms with van der Waals surface area (Å²) in [5.74, 6) is -0.00755. The number of sulfonamides is 1. The van der Waals surface area contributed by atoms with Crippen LogP contribution < -0.4 is 10.5 Å². The van der Waals surface area contributed by atoms with Gasteiger partial charge in [-0.05, 0) is 43.5 Å². The van der Waals surface area contributed by atoms with Gasteiger partial charge in [0.2, 0.25) is 10.0 Å². The Hall–Kier alpha value is -1.12. The number of anilines is 1. The van der Waals surface area contributed by atoms with Gasteiger partial charge in [-0.1, -0.05) is 0 Å². The van der Waals surface area contributed by atoms with E-state index in [4.69, 9.17) is 5.73 Å². The first kappa shape index (κ1) is 15.3. The number of rotatable bonds is 3. The van der Waals surface area contributed by atoms with Crippen LogP contribution in [0.5, 0.6) is 0 Å². The number of aryl methyl sites for hydroxylation is 1. The molecule has 1 saturated heterocycles. The first-order chi connectivity index (χ1) is 9.20. The molecule has 1 aliphatic heterocycles. The Bertz CT molecular complexity index is 711. The van der Waals surface area contributed by atoms with Crippen molar-refractivity contribution < 1.29 is 16.8 Å². The molecule has 8 heteroatoms. The van der Waals surface area contributed by atoms with Gasteiger partial charge in [0.15, 0.2) is 9.84 Å². The normalized spacial score (nSPS) is 22.6. The largest absolute Gasteiger partial charge is 0.399 e. The molecule has 1 aromatic carbocycles. The molecule has 2 rings (SSSR count). The molecule has 0 radical (unpaired) electrons. The minimum atomic E-state index is -3.72. The number of sulfone groups is 1. The average Bonchev–Trinajstić information content (AvgIpc) is 2.30. The second kappa shape index (κ2) is 5.34. The van der Waals surface area contributed by atoms with E-state index in [1.54, 1.807) is 6.92 Å². The summed E-state index contributed by atoms with van der Waals surface area (Å²) < 4.78 is 50.0. The molecule has 1 heterocycles. The van der Waals surface area contributed by atoms with Crippen LogP contribution in [0.4, 0.5) is 5.69 Å². The molecule has 1 unspecified atom stereocenters. The average molecular weight is 318 g/mol. The Morgan fingerprint density at radius 2 is 2.05 bits per heavy atom. The van der Waals surface area contributed by atoms with Gasteiger partial charge in [-0.3, -0.25) is 0 Å². The highest BCUT2D eigenvalue weighted by Crippen LogP contribution is 2.19. The van der Waals surface area contributed by atoms with Crippen molar-refractivity contribution >= 4 is 25.5 Å². The van der Waals surface area contributed by atoms with E-state index < -0.39 is 25.9 Å². The van der Waals surface area contributed by atoms with Gasteiger partial charge in [0.05, 0.1) is 16.4 Å². The van der Waals surface area contributed by atoms with Crippen molar-refractivity contribution in [2.45, 2.75) is 30.7 Å². The van der Waals surface area contributed by atoms with Gasteiger partial charge in [-0.15, -0.1) is 0 Å². The Kier molecular flexibility index (Phi) is 4.08. The molecule has 1 fully saturated rings. The predicted octanol–water partition coefficient (Wildman–Crippen LogP) is 0.433. The standard InChI is InChI=1S/C12H18N2O4S2/c1-9-7-11(4-5-12(9)13)20(17,18)14-10-3-2-6-19(15,16)8-10/h4-5,7,10,14H,2-3,6,8,13H2,1H3. The zero-order valence-electron chi connectivity index (χ0n) is 11.2. The van der Waals surface area contributed by atoms with Crippen LogP contribution in [0.1, 0.15) is 18.4 Å². The molecule has 0 aromatic heterocycles. The number of nitrogens with one attached hydrogen (secondary N) is 1. The molecule has 20 heavy (non-hydrogen) atoms. The third-order valence-corrected chi connectivity index (χ3v) is 6.68. The number of hydrogen-bond acceptors (Lipinski definition) is 5. The minimum absolute atomic E-state index is 0.104. The Morgan fingerprint density at radius 1 is 1.35 bits per heavy atom. The van der Waals surface area contributed by atoms with E-state index in [0.29, 0.717) is 24.1 Å². The molecular formula is C12H18N2O4S2. The predicted molar refractivity (Wildman–Crippen MR) is 77.6 cm³/mol. The Morgan fingerprint density at radius 3 is 2.65 bits per heavy atom. The maximum Gasteiger partial charge on any atom is 0.240 e. The summed E-state index contributed by atoms with van der Waals surface area (Å²) in [6.07, 6.45) is 1.02. The van der Waals surface area contributed by atoms with E-state index in [1.165, 1.54) is 18.2 Å². The Balaban J connectivity index is 2.21. The zero-order chi connectivity index (χ0) is 15.0. The quantitative estimate of drug-likeness (QED) is 0.786. The summed E-state index contributed by atoms with van der Waals surface area (Å²) in [6.45, 7) is 1.72. The van der Waals surface area contributed by atoms with Gasteiger partial charge in [0, 0.05) is 11.7 Å². The second-order valence-electron chi connectivity index (χ2n) is 5.09. The molecule has 0 saturated carbocycles. The highest BCUT2D eigenvalue weighted by atomic mass is 32.2. The van der Waals surface area contributed by atoms with E-state index in [0.717, 1.165) is 0 Å². The van der Waals surface area contributed by atoms with E-state index in [1.807, 2.05) is 0 Å². The van der Waals surface area contributed by atoms with Crippen LogP contribution in [0.2, 0.25) is 0 Å². The van der Waals surface area contributed by atoms with Gasteiger partial charge in [-0.2, -0.15) is 0 Å². The lowest BCUT2D eigenvalue weighted by atomic mass is 10.2. The van der Waals surface area contributed by atoms with Crippen LogP contribution in [-0.2, 0) is 19.9 Å². The van der Waals surface area contributed by atoms with Crippen molar-refractivity contribution in [2.24, 2.45) is 0 Å². The molecule has 0 bridgehead atoms. The molecule has 0 aliphatic carbocycles. The first-order valence-corrected chi connectivity index (χ1v) is 9.59. The second-order valence-corrected chi connectivity index (χ2v) is 9.04. The topological polar surface area (TPSA) is 106 Å². The summed E-state index contributed by atoms with van der Waals surface area (Å²) in [5.41, 5.74) is 6.85. The van der Waals surface area contributed by atoms with Crippen molar-refractivity contribution in [3.63, 3.8) is 0 Å². The van der Waals surface area contributed by atoms with Crippen LogP contribution in [0, 0.1) is 6.92 Å². The van der Waals surface area contributed by atoms with Crippen LogP contribution in [0.3, 0.4) is 0 Å². The fourth-order valence-electron chi connectivity index (χ4n) is 2.22. The van der Waals surface area contributed by atoms with Gasteiger partial charge in [0.1, 0.15) is 0 Å². The van der Waals surface area contributed by atoms with Gasteiger partial charge < -0.3 is 5.73 Å². The monoisotopic (exact) mass is 318 g/mol. The van der Waals surface area contributed by atoms with Gasteiger partial charge >= 0.3 is 0 Å². The van der Waals surface area contributed by atoms with Crippen molar-refractivity contribution in [2.75, 3.05) is 17.2 Å². The lowest BCUT2D eigenvalue weighted by Crippen LogP contribution is -2.43. The third-order valence-electron chi connectivity index (χ3n) is 3.34. The summed E-state index contributed by atoms with van der Waals surface area (Å²) in [5, 5.41) is 0. The highest BCUT2D eigenvalue weighted by molar-refractivity contribution is 7.91. The summed E-state index contributed by atoms with van der Waals surface area (Å²) >= 11 is 0. The van der Waals surface area contributed by atoms with E-state index in [-0.39, 0.29) is 16.4 Å². The van der Waals surface area contributed by atoms with E-state index in [2.05, 4.69) is 4.72 Å². The van der Waals surface area contributed by atoms with Crippen LogP contribution in [-0.4, -0.2) is 34.4 Å². The van der Waals surface area contributed by atoms with Crippen molar-refractivity contribution in [3.05, 3.63) is 23.8 Å². The zero-order valence-corrected chi connectivity index (χ0v) is 12.8. The molecule has 0 amide bonds. The lowest BCUT2D eigenvalue weighted by molar-refractivity contribution is 0.517. The molecule has 1 aromatic rings. The summed E-state index contributed by atoms with van der Waals surface area (Å²) in [4.78, 5) is 0.104. The van der Waals surface area contributed by atoms with Crippen LogP contribution >= 0.6 is 0 Å². The number of nitrogens with two attached hydrogens (primary N) is 1. The van der Waals surface area contributed by atoms with Gasteiger partial charge in [-0.25, -0.2) is 21.6 Å². The molecule has 1 atom stereocenters. The van der Waals surface area contributed by atoms with E-state index in [9.17, 15) is 16.8 Å². The summed E-state index contributed by atoms with van der Waals surface area (Å²) in [7, 11) is -6.87. The first-order valence-electron chi connectivity index (χ1n) is 6.28. The maximum absolute atomic E-state index is 12.2. The Labute approximate surface area is 119 Å². The van der Waals surface area contributed by atoms with Crippen LogP contribution in [0.25, 0.3) is 0 Å². The van der Waals surface area contributed by atoms with Gasteiger partial charge in [0.25, 0.3) is 0 Å². The van der Waals surface area contributed by atoms with Crippen LogP contribution in [0.15, 0.2) is 23.1 Å². The highest BCUT2D eigenvalue weighted by Gasteiger charge is 2.28. The van der Waals surface area contributed by atoms with Crippen molar-refractivity contribution in [1.29, 1.82) is 0 Å². The molecule has 6 nitrogen and oxygen atoms in total. The van der Waals surface area contributed by atoms with E-state index >= 15 is 0 Å². The molecule has 1 aliphatic rings. The van der Waals surface area contributed by atoms with Crippen molar-refractivity contribution in [1.82, 2.24) is 4.72 Å². The molecular weight excluding hydrogens is 300 g/mol. The molecule has 0 spiro atoms. The lowest BCUT2D eigenvalue weighted by Gasteiger charge is -2.23. The number of nitrogen functional groups attached to an aromatic ring is 1. The molecule has 3 N–H and O–H groups in total. The number of benzene rings is 1. The third kappa shape index (κ3) is 3.50. The smallest absolute Gasteiger partial charge is 0.240 e. The SMILES string of the molecule is Cc1cc(S(=O)(=O)NC2CCCS(=O)(=O)C2)ccc1N. The fraction of sp³-hybridized carbons (Fsp3) is 0.500. The molecule has 112 valence electrons. The minimum Gasteiger partial charge on any atom is -0.399 e. The summed E-state index contributed by atoms with van der Waals surface area (Å²) in [6, 6.07) is 3.87. The number of hydrogen-bond donors (Lipinski definition) is 2.